The first-order valence-electron chi connectivity index (χ1n) is 6.47. The second-order valence-electron chi connectivity index (χ2n) is 5.03. The summed E-state index contributed by atoms with van der Waals surface area (Å²) in [6.45, 7) is 1.13. The van der Waals surface area contributed by atoms with E-state index in [0.29, 0.717) is 12.0 Å². The summed E-state index contributed by atoms with van der Waals surface area (Å²) < 4.78 is 5.34. The Morgan fingerprint density at radius 1 is 1.19 bits per heavy atom. The van der Waals surface area contributed by atoms with Gasteiger partial charge in [-0.05, 0) is 32.2 Å². The molecule has 0 bridgehead atoms. The first-order valence-corrected chi connectivity index (χ1v) is 6.47. The minimum Gasteiger partial charge on any atom is -0.339 e. The highest BCUT2D eigenvalue weighted by atomic mass is 16.5. The van der Waals surface area contributed by atoms with Crippen molar-refractivity contribution in [3.05, 3.63) is 11.7 Å². The highest BCUT2D eigenvalue weighted by molar-refractivity contribution is 4.99. The Kier molecular flexibility index (Phi) is 2.91. The fourth-order valence-electron chi connectivity index (χ4n) is 2.84. The van der Waals surface area contributed by atoms with Gasteiger partial charge in [-0.25, -0.2) is 0 Å². The van der Waals surface area contributed by atoms with E-state index < -0.39 is 0 Å². The monoisotopic (exact) mass is 221 g/mol. The van der Waals surface area contributed by atoms with Crippen LogP contribution in [0, 0.1) is 0 Å². The lowest BCUT2D eigenvalue weighted by Crippen LogP contribution is -2.23. The van der Waals surface area contributed by atoms with Gasteiger partial charge in [0.15, 0.2) is 5.82 Å². The van der Waals surface area contributed by atoms with Gasteiger partial charge in [-0.1, -0.05) is 18.0 Å². The molecule has 4 heteroatoms. The van der Waals surface area contributed by atoms with E-state index in [1.165, 1.54) is 38.5 Å². The van der Waals surface area contributed by atoms with Gasteiger partial charge in [0.25, 0.3) is 0 Å². The zero-order valence-electron chi connectivity index (χ0n) is 9.61. The molecule has 1 aliphatic heterocycles. The van der Waals surface area contributed by atoms with E-state index in [2.05, 4.69) is 15.5 Å². The molecule has 1 aromatic rings. The fraction of sp³-hybridized carbons (Fsp3) is 0.833. The molecular formula is C12H19N3O. The molecule has 88 valence electrons. The third-order valence-corrected chi connectivity index (χ3v) is 3.79. The van der Waals surface area contributed by atoms with Crippen molar-refractivity contribution in [2.45, 2.75) is 56.9 Å². The minimum absolute atomic E-state index is 0.553. The molecule has 0 amide bonds. The van der Waals surface area contributed by atoms with Crippen LogP contribution in [-0.4, -0.2) is 22.7 Å². The van der Waals surface area contributed by atoms with Crippen molar-refractivity contribution in [2.75, 3.05) is 6.54 Å². The standard InChI is InChI=1S/C12H19N3O/c1-2-5-9(4-1)12-14-11(16-15-12)8-10-6-3-7-13-10/h9-10,13H,1-8H2. The normalized spacial score (nSPS) is 26.6. The average molecular weight is 221 g/mol. The van der Waals surface area contributed by atoms with Crippen molar-refractivity contribution in [2.24, 2.45) is 0 Å². The van der Waals surface area contributed by atoms with E-state index in [-0.39, 0.29) is 0 Å². The van der Waals surface area contributed by atoms with Gasteiger partial charge in [0.1, 0.15) is 0 Å². The van der Waals surface area contributed by atoms with Crippen molar-refractivity contribution >= 4 is 0 Å². The number of rotatable bonds is 3. The predicted octanol–water partition coefficient (Wildman–Crippen LogP) is 2.02. The van der Waals surface area contributed by atoms with Crippen molar-refractivity contribution in [3.8, 4) is 0 Å². The van der Waals surface area contributed by atoms with Crippen LogP contribution in [0.15, 0.2) is 4.52 Å². The van der Waals surface area contributed by atoms with Crippen LogP contribution in [0.4, 0.5) is 0 Å². The van der Waals surface area contributed by atoms with E-state index in [9.17, 15) is 0 Å². The van der Waals surface area contributed by atoms with Gasteiger partial charge in [0, 0.05) is 18.4 Å². The molecule has 3 rings (SSSR count). The van der Waals surface area contributed by atoms with Crippen molar-refractivity contribution in [1.82, 2.24) is 15.5 Å². The highest BCUT2D eigenvalue weighted by Gasteiger charge is 2.23. The van der Waals surface area contributed by atoms with Crippen LogP contribution in [0.25, 0.3) is 0 Å². The summed E-state index contributed by atoms with van der Waals surface area (Å²) in [5, 5.41) is 7.58. The Morgan fingerprint density at radius 3 is 2.81 bits per heavy atom. The van der Waals surface area contributed by atoms with E-state index in [0.717, 1.165) is 24.7 Å². The SMILES string of the molecule is C1CNC(Cc2nc(C3CCCC3)no2)C1. The molecule has 0 aromatic carbocycles. The van der Waals surface area contributed by atoms with Crippen LogP contribution in [-0.2, 0) is 6.42 Å². The molecule has 2 fully saturated rings. The van der Waals surface area contributed by atoms with Crippen LogP contribution < -0.4 is 5.32 Å². The van der Waals surface area contributed by atoms with Gasteiger partial charge in [-0.2, -0.15) is 4.98 Å². The summed E-state index contributed by atoms with van der Waals surface area (Å²) in [5.41, 5.74) is 0. The zero-order chi connectivity index (χ0) is 10.8. The van der Waals surface area contributed by atoms with Gasteiger partial charge in [0.2, 0.25) is 5.89 Å². The maximum Gasteiger partial charge on any atom is 0.228 e. The molecule has 1 N–H and O–H groups in total. The minimum atomic E-state index is 0.553. The van der Waals surface area contributed by atoms with Crippen LogP contribution in [0.3, 0.4) is 0 Å². The second kappa shape index (κ2) is 4.53. The van der Waals surface area contributed by atoms with Crippen LogP contribution >= 0.6 is 0 Å². The van der Waals surface area contributed by atoms with Crippen molar-refractivity contribution in [1.29, 1.82) is 0 Å². The lowest BCUT2D eigenvalue weighted by atomic mass is 10.1. The summed E-state index contributed by atoms with van der Waals surface area (Å²) in [6.07, 6.45) is 8.52. The van der Waals surface area contributed by atoms with Crippen molar-refractivity contribution < 1.29 is 4.52 Å². The molecule has 0 spiro atoms. The van der Waals surface area contributed by atoms with Crippen LogP contribution in [0.5, 0.6) is 0 Å². The fourth-order valence-corrected chi connectivity index (χ4v) is 2.84. The van der Waals surface area contributed by atoms with E-state index >= 15 is 0 Å². The quantitative estimate of drug-likeness (QED) is 0.848. The lowest BCUT2D eigenvalue weighted by Gasteiger charge is -2.04. The molecule has 2 heterocycles. The van der Waals surface area contributed by atoms with Gasteiger partial charge in [-0.15, -0.1) is 0 Å². The van der Waals surface area contributed by atoms with Gasteiger partial charge in [-0.3, -0.25) is 0 Å². The molecule has 4 nitrogen and oxygen atoms in total. The molecule has 0 radical (unpaired) electrons. The Hall–Kier alpha value is -0.900. The molecule has 1 unspecified atom stereocenters. The molecular weight excluding hydrogens is 202 g/mol. The zero-order valence-corrected chi connectivity index (χ0v) is 9.61. The van der Waals surface area contributed by atoms with E-state index in [4.69, 9.17) is 4.52 Å². The summed E-state index contributed by atoms with van der Waals surface area (Å²) in [4.78, 5) is 4.54. The molecule has 1 aliphatic carbocycles. The topological polar surface area (TPSA) is 51.0 Å². The third-order valence-electron chi connectivity index (χ3n) is 3.79. The average Bonchev–Trinajstić information content (AvgIpc) is 2.99. The molecule has 1 saturated heterocycles. The molecule has 2 aliphatic rings. The maximum absolute atomic E-state index is 5.34. The predicted molar refractivity (Wildman–Crippen MR) is 60.2 cm³/mol. The lowest BCUT2D eigenvalue weighted by molar-refractivity contribution is 0.357. The van der Waals surface area contributed by atoms with Gasteiger partial charge >= 0.3 is 0 Å². The summed E-state index contributed by atoms with van der Waals surface area (Å²) >= 11 is 0. The van der Waals surface area contributed by atoms with Crippen LogP contribution in [0.2, 0.25) is 0 Å². The largest absolute Gasteiger partial charge is 0.339 e. The first-order chi connectivity index (χ1) is 7.92. The Bertz CT molecular complexity index is 338. The number of nitrogens with zero attached hydrogens (tertiary/aromatic N) is 2. The maximum atomic E-state index is 5.34. The van der Waals surface area contributed by atoms with Gasteiger partial charge < -0.3 is 9.84 Å². The Labute approximate surface area is 95.8 Å². The second-order valence-corrected chi connectivity index (χ2v) is 5.03. The highest BCUT2D eigenvalue weighted by Crippen LogP contribution is 2.32. The molecule has 16 heavy (non-hydrogen) atoms. The number of aromatic nitrogens is 2. The van der Waals surface area contributed by atoms with Crippen molar-refractivity contribution in [3.63, 3.8) is 0 Å². The Morgan fingerprint density at radius 2 is 2.06 bits per heavy atom. The van der Waals surface area contributed by atoms with E-state index in [1.807, 2.05) is 0 Å². The van der Waals surface area contributed by atoms with Gasteiger partial charge in [0.05, 0.1) is 0 Å². The number of hydrogen-bond donors (Lipinski definition) is 1. The Balaban J connectivity index is 1.62. The summed E-state index contributed by atoms with van der Waals surface area (Å²) in [5.74, 6) is 2.33. The smallest absolute Gasteiger partial charge is 0.228 e. The summed E-state index contributed by atoms with van der Waals surface area (Å²) in [7, 11) is 0. The number of hydrogen-bond acceptors (Lipinski definition) is 4. The molecule has 1 aromatic heterocycles. The number of nitrogens with one attached hydrogen (secondary N) is 1. The van der Waals surface area contributed by atoms with E-state index in [1.54, 1.807) is 0 Å². The summed E-state index contributed by atoms with van der Waals surface area (Å²) in [6, 6.07) is 0.553. The van der Waals surface area contributed by atoms with Crippen LogP contribution in [0.1, 0.15) is 56.2 Å². The molecule has 1 atom stereocenters. The molecule has 1 saturated carbocycles. The third kappa shape index (κ3) is 2.12. The first kappa shape index (κ1) is 10.3.